The summed E-state index contributed by atoms with van der Waals surface area (Å²) in [6.07, 6.45) is 1.89. The van der Waals surface area contributed by atoms with Crippen molar-refractivity contribution in [2.45, 2.75) is 24.6 Å². The first-order valence-corrected chi connectivity index (χ1v) is 7.48. The number of piperidine rings is 1. The van der Waals surface area contributed by atoms with Crippen LogP contribution in [0.2, 0.25) is 0 Å². The Labute approximate surface area is 101 Å². The highest BCUT2D eigenvalue weighted by molar-refractivity contribution is 9.09. The van der Waals surface area contributed by atoms with E-state index in [4.69, 9.17) is 0 Å². The Bertz CT molecular complexity index is 295. The molecular weight excluding hydrogens is 280 g/mol. The smallest absolute Gasteiger partial charge is 0.195 e. The van der Waals surface area contributed by atoms with E-state index in [1.54, 1.807) is 18.4 Å². The van der Waals surface area contributed by atoms with Gasteiger partial charge in [-0.3, -0.25) is 0 Å². The lowest BCUT2D eigenvalue weighted by molar-refractivity contribution is 0.263. The molecule has 1 aliphatic heterocycles. The highest BCUT2D eigenvalue weighted by Gasteiger charge is 2.30. The number of halogens is 1. The first-order chi connectivity index (χ1) is 6.85. The van der Waals surface area contributed by atoms with E-state index in [2.05, 4.69) is 22.9 Å². The monoisotopic (exact) mass is 298 g/mol. The van der Waals surface area contributed by atoms with Gasteiger partial charge in [0.1, 0.15) is 0 Å². The molecule has 0 saturated carbocycles. The van der Waals surface area contributed by atoms with Gasteiger partial charge in [0.15, 0.2) is 0 Å². The number of hydrogen-bond acceptors (Lipinski definition) is 2. The summed E-state index contributed by atoms with van der Waals surface area (Å²) in [6.45, 7) is 3.41. The molecule has 0 amide bonds. The van der Waals surface area contributed by atoms with Gasteiger partial charge in [-0.1, -0.05) is 22.9 Å². The maximum atomic E-state index is 11.8. The minimum atomic E-state index is -3.20. The van der Waals surface area contributed by atoms with Gasteiger partial charge in [0.2, 0.25) is 0 Å². The summed E-state index contributed by atoms with van der Waals surface area (Å²) in [5, 5.41) is 0. The minimum absolute atomic E-state index is 0.474. The van der Waals surface area contributed by atoms with E-state index in [9.17, 15) is 8.42 Å². The molecule has 0 bridgehead atoms. The van der Waals surface area contributed by atoms with Crippen molar-refractivity contribution in [1.29, 1.82) is 0 Å². The van der Waals surface area contributed by atoms with Crippen LogP contribution in [0.5, 0.6) is 0 Å². The SMILES string of the molecule is CC(Br)C1CCN(S(=O)(=O)N(C)C)CC1. The number of nitrogens with zero attached hydrogens (tertiary/aromatic N) is 2. The van der Waals surface area contributed by atoms with E-state index in [-0.39, 0.29) is 0 Å². The molecule has 0 aromatic rings. The lowest BCUT2D eigenvalue weighted by atomic mass is 9.96. The Balaban J connectivity index is 2.58. The summed E-state index contributed by atoms with van der Waals surface area (Å²) < 4.78 is 26.5. The Morgan fingerprint density at radius 3 is 2.13 bits per heavy atom. The van der Waals surface area contributed by atoms with Gasteiger partial charge >= 0.3 is 0 Å². The summed E-state index contributed by atoms with van der Waals surface area (Å²) in [5.74, 6) is 0.596. The van der Waals surface area contributed by atoms with Gasteiger partial charge in [-0.15, -0.1) is 0 Å². The maximum Gasteiger partial charge on any atom is 0.281 e. The Hall–Kier alpha value is 0.350. The summed E-state index contributed by atoms with van der Waals surface area (Å²) in [7, 11) is -0.0419. The van der Waals surface area contributed by atoms with E-state index < -0.39 is 10.2 Å². The van der Waals surface area contributed by atoms with Crippen LogP contribution in [0.1, 0.15) is 19.8 Å². The molecule has 0 spiro atoms. The largest absolute Gasteiger partial charge is 0.281 e. The van der Waals surface area contributed by atoms with Crippen LogP contribution in [-0.4, -0.2) is 49.0 Å². The fourth-order valence-electron chi connectivity index (χ4n) is 1.80. The molecule has 1 rings (SSSR count). The van der Waals surface area contributed by atoms with Gasteiger partial charge in [-0.05, 0) is 18.8 Å². The zero-order valence-corrected chi connectivity index (χ0v) is 11.9. The summed E-state index contributed by atoms with van der Waals surface area (Å²) in [5.41, 5.74) is 0. The van der Waals surface area contributed by atoms with Gasteiger partial charge in [0, 0.05) is 32.0 Å². The molecule has 0 aromatic carbocycles. The first kappa shape index (κ1) is 13.4. The van der Waals surface area contributed by atoms with Crippen LogP contribution in [0.25, 0.3) is 0 Å². The lowest BCUT2D eigenvalue weighted by Crippen LogP contribution is -2.45. The Morgan fingerprint density at radius 2 is 1.80 bits per heavy atom. The molecule has 0 aliphatic carbocycles. The van der Waals surface area contributed by atoms with Crippen LogP contribution in [0.3, 0.4) is 0 Å². The van der Waals surface area contributed by atoms with E-state index in [0.717, 1.165) is 12.8 Å². The minimum Gasteiger partial charge on any atom is -0.195 e. The predicted molar refractivity (Wildman–Crippen MR) is 65.3 cm³/mol. The van der Waals surface area contributed by atoms with Crippen molar-refractivity contribution in [3.63, 3.8) is 0 Å². The van der Waals surface area contributed by atoms with Crippen LogP contribution in [0.4, 0.5) is 0 Å². The zero-order chi connectivity index (χ0) is 11.6. The molecule has 6 heteroatoms. The van der Waals surface area contributed by atoms with Crippen LogP contribution >= 0.6 is 15.9 Å². The molecule has 0 radical (unpaired) electrons. The molecule has 1 saturated heterocycles. The van der Waals surface area contributed by atoms with Crippen molar-refractivity contribution in [3.05, 3.63) is 0 Å². The average Bonchev–Trinajstić information content (AvgIpc) is 2.17. The Morgan fingerprint density at radius 1 is 1.33 bits per heavy atom. The van der Waals surface area contributed by atoms with E-state index in [1.807, 2.05) is 0 Å². The van der Waals surface area contributed by atoms with Gasteiger partial charge in [0.05, 0.1) is 0 Å². The molecule has 15 heavy (non-hydrogen) atoms. The topological polar surface area (TPSA) is 40.6 Å². The molecular formula is C9H19BrN2O2S. The van der Waals surface area contributed by atoms with Gasteiger partial charge < -0.3 is 0 Å². The van der Waals surface area contributed by atoms with Crippen LogP contribution < -0.4 is 0 Å². The Kier molecular flexibility index (Phi) is 4.58. The van der Waals surface area contributed by atoms with Gasteiger partial charge in [-0.25, -0.2) is 0 Å². The molecule has 1 unspecified atom stereocenters. The average molecular weight is 299 g/mol. The third-order valence-electron chi connectivity index (χ3n) is 2.94. The molecule has 4 nitrogen and oxygen atoms in total. The molecule has 1 atom stereocenters. The zero-order valence-electron chi connectivity index (χ0n) is 9.48. The lowest BCUT2D eigenvalue weighted by Gasteiger charge is -2.33. The quantitative estimate of drug-likeness (QED) is 0.737. The molecule has 1 fully saturated rings. The molecule has 1 heterocycles. The number of hydrogen-bond donors (Lipinski definition) is 0. The summed E-state index contributed by atoms with van der Waals surface area (Å²) in [4.78, 5) is 0.474. The highest BCUT2D eigenvalue weighted by Crippen LogP contribution is 2.26. The second-order valence-electron chi connectivity index (χ2n) is 4.20. The van der Waals surface area contributed by atoms with Crippen molar-refractivity contribution in [2.75, 3.05) is 27.2 Å². The van der Waals surface area contributed by atoms with E-state index >= 15 is 0 Å². The number of alkyl halides is 1. The van der Waals surface area contributed by atoms with Crippen molar-refractivity contribution in [1.82, 2.24) is 8.61 Å². The van der Waals surface area contributed by atoms with Crippen molar-refractivity contribution in [2.24, 2.45) is 5.92 Å². The number of rotatable bonds is 3. The van der Waals surface area contributed by atoms with Crippen molar-refractivity contribution >= 4 is 26.1 Å². The second kappa shape index (κ2) is 5.12. The third-order valence-corrected chi connectivity index (χ3v) is 5.62. The molecule has 1 aliphatic rings. The first-order valence-electron chi connectivity index (χ1n) is 5.17. The van der Waals surface area contributed by atoms with E-state index in [0.29, 0.717) is 23.8 Å². The normalized spacial score (nSPS) is 23.3. The van der Waals surface area contributed by atoms with Crippen molar-refractivity contribution in [3.8, 4) is 0 Å². The second-order valence-corrected chi connectivity index (χ2v) is 7.79. The van der Waals surface area contributed by atoms with Gasteiger partial charge in [-0.2, -0.15) is 17.0 Å². The maximum absolute atomic E-state index is 11.8. The van der Waals surface area contributed by atoms with Gasteiger partial charge in [0.25, 0.3) is 10.2 Å². The highest BCUT2D eigenvalue weighted by atomic mass is 79.9. The predicted octanol–water partition coefficient (Wildman–Crippen LogP) is 1.29. The fraction of sp³-hybridized carbons (Fsp3) is 1.00. The summed E-state index contributed by atoms with van der Waals surface area (Å²) >= 11 is 3.56. The third kappa shape index (κ3) is 3.15. The van der Waals surface area contributed by atoms with Crippen molar-refractivity contribution < 1.29 is 8.42 Å². The molecule has 0 N–H and O–H groups in total. The van der Waals surface area contributed by atoms with Crippen LogP contribution in [-0.2, 0) is 10.2 Å². The fourth-order valence-corrected chi connectivity index (χ4v) is 3.46. The van der Waals surface area contributed by atoms with Crippen LogP contribution in [0, 0.1) is 5.92 Å². The molecule has 0 aromatic heterocycles. The van der Waals surface area contributed by atoms with Crippen LogP contribution in [0.15, 0.2) is 0 Å². The summed E-state index contributed by atoms with van der Waals surface area (Å²) in [6, 6.07) is 0. The molecule has 90 valence electrons. The van der Waals surface area contributed by atoms with E-state index in [1.165, 1.54) is 4.31 Å². The standard InChI is InChI=1S/C9H19BrN2O2S/c1-8(10)9-4-6-12(7-5-9)15(13,14)11(2)3/h8-9H,4-7H2,1-3H3.